The van der Waals surface area contributed by atoms with Crippen molar-refractivity contribution >= 4 is 51.5 Å². The second kappa shape index (κ2) is 5.80. The fourth-order valence-electron chi connectivity index (χ4n) is 3.34. The average Bonchev–Trinajstić information content (AvgIpc) is 2.77. The summed E-state index contributed by atoms with van der Waals surface area (Å²) in [5, 5.41) is 2.65. The minimum Gasteiger partial charge on any atom is -0.363 e. The average molecular weight is 345 g/mol. The summed E-state index contributed by atoms with van der Waals surface area (Å²) in [5.74, 6) is -0.110. The molecule has 0 saturated carbocycles. The lowest BCUT2D eigenvalue weighted by Crippen LogP contribution is -2.44. The summed E-state index contributed by atoms with van der Waals surface area (Å²) in [6.45, 7) is 9.75. The van der Waals surface area contributed by atoms with Gasteiger partial charge in [0.2, 0.25) is 0 Å². The Morgan fingerprint density at radius 2 is 2.13 bits per heavy atom. The van der Waals surface area contributed by atoms with Crippen LogP contribution in [0.2, 0.25) is 0 Å². The molecule has 1 saturated heterocycles. The number of rotatable bonds is 2. The van der Waals surface area contributed by atoms with Crippen LogP contribution in [0.25, 0.3) is 11.6 Å². The highest BCUT2D eigenvalue weighted by molar-refractivity contribution is 8.26. The molecular formula is C18H20N2OS2. The largest absolute Gasteiger partial charge is 0.363 e. The van der Waals surface area contributed by atoms with E-state index >= 15 is 0 Å². The van der Waals surface area contributed by atoms with Gasteiger partial charge in [-0.25, -0.2) is 0 Å². The number of fused-ring (bicyclic) bond motifs is 1. The number of nitrogens with one attached hydrogen (secondary N) is 1. The molecule has 2 aliphatic rings. The van der Waals surface area contributed by atoms with E-state index in [4.69, 9.17) is 12.2 Å². The van der Waals surface area contributed by atoms with E-state index in [1.165, 1.54) is 28.6 Å². The predicted octanol–water partition coefficient (Wildman–Crippen LogP) is 4.20. The molecule has 0 unspecified atom stereocenters. The van der Waals surface area contributed by atoms with Crippen LogP contribution in [-0.4, -0.2) is 22.3 Å². The van der Waals surface area contributed by atoms with E-state index in [0.29, 0.717) is 9.23 Å². The summed E-state index contributed by atoms with van der Waals surface area (Å²) < 4.78 is 0.522. The Morgan fingerprint density at radius 3 is 2.74 bits per heavy atom. The van der Waals surface area contributed by atoms with E-state index in [2.05, 4.69) is 62.2 Å². The number of amides is 1. The Kier molecular flexibility index (Phi) is 4.10. The molecule has 1 aromatic rings. The molecule has 1 aromatic carbocycles. The Balaban J connectivity index is 2.03. The Morgan fingerprint density at radius 1 is 1.39 bits per heavy atom. The van der Waals surface area contributed by atoms with Crippen LogP contribution in [0.15, 0.2) is 29.2 Å². The summed E-state index contributed by atoms with van der Waals surface area (Å²) in [6.07, 6.45) is 4.21. The van der Waals surface area contributed by atoms with Crippen LogP contribution in [0.5, 0.6) is 0 Å². The van der Waals surface area contributed by atoms with Crippen LogP contribution in [0, 0.1) is 0 Å². The molecule has 2 heterocycles. The van der Waals surface area contributed by atoms with E-state index in [1.54, 1.807) is 0 Å². The Bertz CT molecular complexity index is 762. The fraction of sp³-hybridized carbons (Fsp3) is 0.333. The van der Waals surface area contributed by atoms with E-state index < -0.39 is 0 Å². The molecule has 0 atom stereocenters. The summed E-state index contributed by atoms with van der Waals surface area (Å²) in [7, 11) is 0. The van der Waals surface area contributed by atoms with E-state index in [-0.39, 0.29) is 11.4 Å². The highest BCUT2D eigenvalue weighted by atomic mass is 32.2. The van der Waals surface area contributed by atoms with Crippen molar-refractivity contribution in [2.45, 2.75) is 33.2 Å². The first kappa shape index (κ1) is 16.3. The summed E-state index contributed by atoms with van der Waals surface area (Å²) >= 11 is 6.35. The highest BCUT2D eigenvalue weighted by Gasteiger charge is 2.30. The molecule has 2 aliphatic heterocycles. The molecule has 1 N–H and O–H groups in total. The van der Waals surface area contributed by atoms with E-state index in [1.807, 2.05) is 6.08 Å². The van der Waals surface area contributed by atoms with Gasteiger partial charge in [-0.05, 0) is 57.0 Å². The second-order valence-electron chi connectivity index (χ2n) is 6.35. The first-order valence-electron chi connectivity index (χ1n) is 7.68. The van der Waals surface area contributed by atoms with Gasteiger partial charge in [-0.3, -0.25) is 4.79 Å². The van der Waals surface area contributed by atoms with Crippen molar-refractivity contribution in [1.29, 1.82) is 0 Å². The van der Waals surface area contributed by atoms with Crippen LogP contribution >= 0.6 is 24.0 Å². The smallest absolute Gasteiger partial charge is 0.263 e. The quantitative estimate of drug-likeness (QED) is 0.644. The lowest BCUT2D eigenvalue weighted by atomic mass is 9.88. The van der Waals surface area contributed by atoms with Crippen molar-refractivity contribution in [3.05, 3.63) is 40.3 Å². The SMILES string of the molecule is CCN1c2ccc(/C=C3\SC(=S)NC3=O)cc2C(C)=CC1(C)C. The number of thiocarbonyl (C=S) groups is 1. The topological polar surface area (TPSA) is 32.3 Å². The van der Waals surface area contributed by atoms with Crippen molar-refractivity contribution in [3.8, 4) is 0 Å². The van der Waals surface area contributed by atoms with Gasteiger partial charge in [-0.1, -0.05) is 36.1 Å². The number of anilines is 1. The third-order valence-electron chi connectivity index (χ3n) is 4.26. The molecule has 23 heavy (non-hydrogen) atoms. The van der Waals surface area contributed by atoms with Crippen LogP contribution in [0.4, 0.5) is 5.69 Å². The minimum atomic E-state index is -0.110. The van der Waals surface area contributed by atoms with Crippen molar-refractivity contribution in [2.75, 3.05) is 11.4 Å². The maximum absolute atomic E-state index is 11.8. The van der Waals surface area contributed by atoms with Crippen LogP contribution in [-0.2, 0) is 4.79 Å². The molecule has 0 spiro atoms. The zero-order chi connectivity index (χ0) is 16.8. The van der Waals surface area contributed by atoms with Crippen LogP contribution in [0.1, 0.15) is 38.8 Å². The summed E-state index contributed by atoms with van der Waals surface area (Å²) in [5.41, 5.74) is 4.79. The lowest BCUT2D eigenvalue weighted by molar-refractivity contribution is -0.115. The standard InChI is InChI=1S/C18H20N2OS2/c1-5-20-14-7-6-12(9-15-16(21)19-17(22)23-15)8-13(14)11(2)10-18(20,3)4/h6-10H,5H2,1-4H3,(H,19,21,22)/b15-9-. The van der Waals surface area contributed by atoms with Crippen molar-refractivity contribution in [1.82, 2.24) is 5.32 Å². The molecule has 0 aromatic heterocycles. The number of benzene rings is 1. The van der Waals surface area contributed by atoms with Crippen molar-refractivity contribution in [3.63, 3.8) is 0 Å². The Hall–Kier alpha value is -1.59. The number of carbonyl (C=O) groups is 1. The zero-order valence-electron chi connectivity index (χ0n) is 13.8. The molecule has 1 amide bonds. The van der Waals surface area contributed by atoms with Crippen LogP contribution < -0.4 is 10.2 Å². The summed E-state index contributed by atoms with van der Waals surface area (Å²) in [4.78, 5) is 14.9. The molecule has 0 bridgehead atoms. The van der Waals surface area contributed by atoms with E-state index in [0.717, 1.165) is 12.1 Å². The molecule has 3 rings (SSSR count). The number of allylic oxidation sites excluding steroid dienone is 1. The van der Waals surface area contributed by atoms with Gasteiger partial charge in [0, 0.05) is 17.8 Å². The number of hydrogen-bond acceptors (Lipinski definition) is 4. The lowest BCUT2D eigenvalue weighted by Gasteiger charge is -2.42. The van der Waals surface area contributed by atoms with Gasteiger partial charge < -0.3 is 10.2 Å². The number of nitrogens with zero attached hydrogens (tertiary/aromatic N) is 1. The van der Waals surface area contributed by atoms with E-state index in [9.17, 15) is 4.79 Å². The number of carbonyl (C=O) groups excluding carboxylic acids is 1. The highest BCUT2D eigenvalue weighted by Crippen LogP contribution is 2.39. The predicted molar refractivity (Wildman–Crippen MR) is 104 cm³/mol. The first-order valence-corrected chi connectivity index (χ1v) is 8.90. The second-order valence-corrected chi connectivity index (χ2v) is 8.07. The molecule has 5 heteroatoms. The van der Waals surface area contributed by atoms with Gasteiger partial charge >= 0.3 is 0 Å². The van der Waals surface area contributed by atoms with Gasteiger partial charge in [-0.2, -0.15) is 0 Å². The molecule has 0 aliphatic carbocycles. The van der Waals surface area contributed by atoms with Gasteiger partial charge in [0.1, 0.15) is 4.32 Å². The van der Waals surface area contributed by atoms with Crippen molar-refractivity contribution in [2.24, 2.45) is 0 Å². The number of thioether (sulfide) groups is 1. The summed E-state index contributed by atoms with van der Waals surface area (Å²) in [6, 6.07) is 6.37. The maximum atomic E-state index is 11.8. The number of likely N-dealkylation sites (N-methyl/N-ethyl adjacent to an activating group) is 1. The monoisotopic (exact) mass is 344 g/mol. The molecular weight excluding hydrogens is 324 g/mol. The molecule has 1 fully saturated rings. The van der Waals surface area contributed by atoms with Crippen molar-refractivity contribution < 1.29 is 4.79 Å². The molecule has 120 valence electrons. The fourth-order valence-corrected chi connectivity index (χ4v) is 4.39. The maximum Gasteiger partial charge on any atom is 0.263 e. The molecule has 3 nitrogen and oxygen atoms in total. The van der Waals surface area contributed by atoms with Gasteiger partial charge in [0.15, 0.2) is 0 Å². The normalized spacial score (nSPS) is 21.3. The number of hydrogen-bond donors (Lipinski definition) is 1. The zero-order valence-corrected chi connectivity index (χ0v) is 15.4. The Labute approximate surface area is 146 Å². The molecule has 0 radical (unpaired) electrons. The van der Waals surface area contributed by atoms with Gasteiger partial charge in [-0.15, -0.1) is 0 Å². The minimum absolute atomic E-state index is 0.0131. The third-order valence-corrected chi connectivity index (χ3v) is 5.42. The van der Waals surface area contributed by atoms with Crippen LogP contribution in [0.3, 0.4) is 0 Å². The first-order chi connectivity index (χ1) is 10.8. The third kappa shape index (κ3) is 2.95. The van der Waals surface area contributed by atoms with Gasteiger partial charge in [0.25, 0.3) is 5.91 Å². The van der Waals surface area contributed by atoms with Gasteiger partial charge in [0.05, 0.1) is 10.4 Å².